The highest BCUT2D eigenvalue weighted by atomic mass is 32.2. The maximum atomic E-state index is 13.2. The number of amides is 2. The summed E-state index contributed by atoms with van der Waals surface area (Å²) < 4.78 is 10.9. The van der Waals surface area contributed by atoms with Crippen molar-refractivity contribution in [3.63, 3.8) is 0 Å². The average molecular weight is 516 g/mol. The molecule has 8 heteroatoms. The van der Waals surface area contributed by atoms with Crippen molar-refractivity contribution in [2.45, 2.75) is 18.5 Å². The van der Waals surface area contributed by atoms with Gasteiger partial charge in [0.05, 0.1) is 5.75 Å². The van der Waals surface area contributed by atoms with Crippen LogP contribution < -0.4 is 9.47 Å². The summed E-state index contributed by atoms with van der Waals surface area (Å²) in [5.74, 6) is 2.29. The molecule has 0 saturated carbocycles. The average Bonchev–Trinajstić information content (AvgIpc) is 3.56. The Morgan fingerprint density at radius 1 is 0.838 bits per heavy atom. The van der Waals surface area contributed by atoms with Gasteiger partial charge in [0.1, 0.15) is 5.37 Å². The number of ether oxygens (including phenoxy) is 2. The van der Waals surface area contributed by atoms with E-state index < -0.39 is 0 Å². The van der Waals surface area contributed by atoms with E-state index in [2.05, 4.69) is 11.0 Å². The van der Waals surface area contributed by atoms with Crippen LogP contribution >= 0.6 is 11.8 Å². The van der Waals surface area contributed by atoms with Gasteiger partial charge in [-0.3, -0.25) is 14.5 Å². The van der Waals surface area contributed by atoms with Crippen LogP contribution in [0.3, 0.4) is 0 Å². The molecular formula is C29H29N3O4S. The van der Waals surface area contributed by atoms with E-state index in [0.29, 0.717) is 31.0 Å². The summed E-state index contributed by atoms with van der Waals surface area (Å²) >= 11 is 1.64. The number of fused-ring (bicyclic) bond motifs is 1. The normalized spacial score (nSPS) is 19.5. The van der Waals surface area contributed by atoms with Gasteiger partial charge in [-0.1, -0.05) is 48.5 Å². The van der Waals surface area contributed by atoms with Gasteiger partial charge >= 0.3 is 0 Å². The molecule has 3 aliphatic heterocycles. The van der Waals surface area contributed by atoms with E-state index in [1.807, 2.05) is 76.5 Å². The van der Waals surface area contributed by atoms with Gasteiger partial charge in [0, 0.05) is 44.8 Å². The molecule has 0 aliphatic carbocycles. The molecule has 0 unspecified atom stereocenters. The largest absolute Gasteiger partial charge is 0.454 e. The van der Waals surface area contributed by atoms with Crippen LogP contribution in [0.4, 0.5) is 0 Å². The first kappa shape index (κ1) is 23.9. The van der Waals surface area contributed by atoms with Gasteiger partial charge in [0.2, 0.25) is 12.7 Å². The topological polar surface area (TPSA) is 62.3 Å². The van der Waals surface area contributed by atoms with Crippen molar-refractivity contribution in [2.75, 3.05) is 38.7 Å². The quantitative estimate of drug-likeness (QED) is 0.492. The van der Waals surface area contributed by atoms with Crippen molar-refractivity contribution in [2.24, 2.45) is 0 Å². The molecule has 6 rings (SSSR count). The fourth-order valence-corrected chi connectivity index (χ4v) is 6.25. The summed E-state index contributed by atoms with van der Waals surface area (Å²) in [6.07, 6.45) is 0. The number of piperazine rings is 1. The summed E-state index contributed by atoms with van der Waals surface area (Å²) in [4.78, 5) is 32.0. The smallest absolute Gasteiger partial charge is 0.253 e. The highest BCUT2D eigenvalue weighted by molar-refractivity contribution is 8.00. The van der Waals surface area contributed by atoms with Gasteiger partial charge < -0.3 is 19.3 Å². The van der Waals surface area contributed by atoms with E-state index in [1.54, 1.807) is 11.8 Å². The number of hydrogen-bond donors (Lipinski definition) is 0. The first-order valence-corrected chi connectivity index (χ1v) is 13.6. The molecule has 1 atom stereocenters. The van der Waals surface area contributed by atoms with E-state index in [1.165, 1.54) is 5.56 Å². The first-order chi connectivity index (χ1) is 18.1. The predicted octanol–water partition coefficient (Wildman–Crippen LogP) is 4.15. The summed E-state index contributed by atoms with van der Waals surface area (Å²) in [7, 11) is 0. The van der Waals surface area contributed by atoms with Crippen LogP contribution in [0.1, 0.15) is 32.4 Å². The van der Waals surface area contributed by atoms with E-state index in [-0.39, 0.29) is 24.0 Å². The Labute approximate surface area is 220 Å². The molecule has 3 aromatic carbocycles. The number of carbonyl (C=O) groups excluding carboxylic acids is 2. The number of hydrogen-bond acceptors (Lipinski definition) is 6. The number of benzene rings is 3. The van der Waals surface area contributed by atoms with Crippen molar-refractivity contribution >= 4 is 23.6 Å². The molecule has 3 heterocycles. The minimum absolute atomic E-state index is 0.0309. The molecule has 3 aliphatic rings. The fourth-order valence-electron chi connectivity index (χ4n) is 5.06. The predicted molar refractivity (Wildman–Crippen MR) is 142 cm³/mol. The van der Waals surface area contributed by atoms with Crippen LogP contribution in [-0.2, 0) is 17.9 Å². The molecule has 2 saturated heterocycles. The lowest BCUT2D eigenvalue weighted by Crippen LogP contribution is -2.48. The van der Waals surface area contributed by atoms with Gasteiger partial charge in [-0.15, -0.1) is 11.8 Å². The molecule has 7 nitrogen and oxygen atoms in total. The van der Waals surface area contributed by atoms with E-state index >= 15 is 0 Å². The number of rotatable bonds is 6. The second-order valence-electron chi connectivity index (χ2n) is 9.55. The third kappa shape index (κ3) is 5.17. The second-order valence-corrected chi connectivity index (χ2v) is 10.6. The monoisotopic (exact) mass is 515 g/mol. The molecule has 0 bridgehead atoms. The maximum absolute atomic E-state index is 13.2. The van der Waals surface area contributed by atoms with Crippen LogP contribution in [0.2, 0.25) is 0 Å². The maximum Gasteiger partial charge on any atom is 0.253 e. The summed E-state index contributed by atoms with van der Waals surface area (Å²) in [6.45, 7) is 4.75. The Bertz CT molecular complexity index is 1280. The molecule has 2 fully saturated rings. The molecule has 0 N–H and O–H groups in total. The van der Waals surface area contributed by atoms with Crippen LogP contribution in [0.5, 0.6) is 11.5 Å². The van der Waals surface area contributed by atoms with E-state index in [9.17, 15) is 9.59 Å². The lowest BCUT2D eigenvalue weighted by Gasteiger charge is -2.35. The molecule has 190 valence electrons. The Morgan fingerprint density at radius 3 is 2.38 bits per heavy atom. The standard InChI is InChI=1S/C29H29N3O4S/c33-27-19-37-29(32(27)18-21-4-2-1-3-5-21)24-9-7-23(8-10-24)28(34)31-14-12-30(13-15-31)17-22-6-11-25-26(16-22)36-20-35-25/h1-11,16,29H,12-15,17-20H2/t29-/m0/s1. The highest BCUT2D eigenvalue weighted by Crippen LogP contribution is 2.39. The van der Waals surface area contributed by atoms with Gasteiger partial charge in [-0.2, -0.15) is 0 Å². The Hall–Kier alpha value is -3.49. The van der Waals surface area contributed by atoms with Gasteiger partial charge in [0.25, 0.3) is 5.91 Å². The van der Waals surface area contributed by atoms with Gasteiger partial charge in [-0.05, 0) is 41.0 Å². The van der Waals surface area contributed by atoms with Crippen molar-refractivity contribution in [3.8, 4) is 11.5 Å². The Kier molecular flexibility index (Phi) is 6.76. The number of thioether (sulfide) groups is 1. The van der Waals surface area contributed by atoms with Crippen LogP contribution in [-0.4, -0.2) is 65.2 Å². The molecule has 2 amide bonds. The van der Waals surface area contributed by atoms with Gasteiger partial charge in [-0.25, -0.2) is 0 Å². The zero-order valence-corrected chi connectivity index (χ0v) is 21.4. The van der Waals surface area contributed by atoms with Crippen LogP contribution in [0, 0.1) is 0 Å². The SMILES string of the molecule is O=C(c1ccc([C@@H]2SCC(=O)N2Cc2ccccc2)cc1)N1CCN(Cc2ccc3c(c2)OCO3)CC1. The van der Waals surface area contributed by atoms with Crippen LogP contribution in [0.15, 0.2) is 72.8 Å². The van der Waals surface area contributed by atoms with Gasteiger partial charge in [0.15, 0.2) is 11.5 Å². The van der Waals surface area contributed by atoms with Crippen LogP contribution in [0.25, 0.3) is 0 Å². The summed E-state index contributed by atoms with van der Waals surface area (Å²) in [6, 6.07) is 23.9. The van der Waals surface area contributed by atoms with Crippen molar-refractivity contribution in [1.82, 2.24) is 14.7 Å². The van der Waals surface area contributed by atoms with Crippen molar-refractivity contribution in [1.29, 1.82) is 0 Å². The molecule has 37 heavy (non-hydrogen) atoms. The zero-order chi connectivity index (χ0) is 25.2. The van der Waals surface area contributed by atoms with E-state index in [0.717, 1.165) is 42.3 Å². The minimum Gasteiger partial charge on any atom is -0.454 e. The van der Waals surface area contributed by atoms with Crippen molar-refractivity contribution < 1.29 is 19.1 Å². The second kappa shape index (κ2) is 10.5. The summed E-state index contributed by atoms with van der Waals surface area (Å²) in [5, 5.41) is -0.0309. The zero-order valence-electron chi connectivity index (χ0n) is 20.5. The van der Waals surface area contributed by atoms with Crippen molar-refractivity contribution in [3.05, 3.63) is 95.1 Å². The molecule has 0 aromatic heterocycles. The summed E-state index contributed by atoms with van der Waals surface area (Å²) in [5.41, 5.74) is 4.05. The van der Waals surface area contributed by atoms with E-state index in [4.69, 9.17) is 9.47 Å². The molecule has 3 aromatic rings. The fraction of sp³-hybridized carbons (Fsp3) is 0.310. The third-order valence-electron chi connectivity index (χ3n) is 7.11. The molecule has 0 radical (unpaired) electrons. The number of carbonyl (C=O) groups is 2. The molecule has 0 spiro atoms. The lowest BCUT2D eigenvalue weighted by molar-refractivity contribution is -0.128. The molecular weight excluding hydrogens is 486 g/mol. The Morgan fingerprint density at radius 2 is 1.59 bits per heavy atom. The number of nitrogens with zero attached hydrogens (tertiary/aromatic N) is 3. The third-order valence-corrected chi connectivity index (χ3v) is 8.37. The minimum atomic E-state index is -0.0309. The Balaban J connectivity index is 1.05. The lowest BCUT2D eigenvalue weighted by atomic mass is 10.1. The highest BCUT2D eigenvalue weighted by Gasteiger charge is 2.33. The first-order valence-electron chi connectivity index (χ1n) is 12.6.